The van der Waals surface area contributed by atoms with Crippen molar-refractivity contribution in [1.29, 1.82) is 0 Å². The van der Waals surface area contributed by atoms with E-state index in [1.165, 1.54) is 30.3 Å². The van der Waals surface area contributed by atoms with Crippen molar-refractivity contribution in [2.75, 3.05) is 18.8 Å². The van der Waals surface area contributed by atoms with Crippen LogP contribution in [0.1, 0.15) is 50.3 Å². The molecule has 0 unspecified atom stereocenters. The summed E-state index contributed by atoms with van der Waals surface area (Å²) in [6.07, 6.45) is 7.44. The molecule has 1 fully saturated rings. The van der Waals surface area contributed by atoms with Crippen LogP contribution in [0.4, 0.5) is 4.39 Å². The van der Waals surface area contributed by atoms with E-state index in [-0.39, 0.29) is 30.2 Å². The normalized spacial score (nSPS) is 13.9. The summed E-state index contributed by atoms with van der Waals surface area (Å²) in [7, 11) is 0. The molecule has 0 bridgehead atoms. The molecule has 7 heteroatoms. The number of rotatable bonds is 11. The zero-order chi connectivity index (χ0) is 26.0. The van der Waals surface area contributed by atoms with Gasteiger partial charge in [-0.15, -0.1) is 11.8 Å². The van der Waals surface area contributed by atoms with Gasteiger partial charge in [0, 0.05) is 35.9 Å². The fourth-order valence-electron chi connectivity index (χ4n) is 4.91. The van der Waals surface area contributed by atoms with E-state index in [0.717, 1.165) is 41.8 Å². The zero-order valence-electron chi connectivity index (χ0n) is 21.5. The molecule has 1 saturated carbocycles. The molecule has 2 aromatic carbocycles. The minimum atomic E-state index is -0.247. The fraction of sp³-hybridized carbons (Fsp3) is 0.400. The first-order chi connectivity index (χ1) is 18.0. The van der Waals surface area contributed by atoms with Crippen LogP contribution in [-0.2, 0) is 22.7 Å². The third-order valence-corrected chi connectivity index (χ3v) is 8.02. The van der Waals surface area contributed by atoms with Crippen LogP contribution in [0.25, 0.3) is 0 Å². The van der Waals surface area contributed by atoms with Crippen LogP contribution in [0.3, 0.4) is 0 Å². The Morgan fingerprint density at radius 2 is 1.68 bits per heavy atom. The van der Waals surface area contributed by atoms with Gasteiger partial charge >= 0.3 is 0 Å². The number of aromatic nitrogens is 1. The van der Waals surface area contributed by atoms with E-state index >= 15 is 0 Å². The van der Waals surface area contributed by atoms with Crippen LogP contribution in [0.15, 0.2) is 77.8 Å². The molecular formula is C30H36FN3O2S. The van der Waals surface area contributed by atoms with Gasteiger partial charge in [0.2, 0.25) is 11.8 Å². The topological polar surface area (TPSA) is 45.6 Å². The maximum absolute atomic E-state index is 13.7. The Morgan fingerprint density at radius 1 is 0.946 bits per heavy atom. The molecule has 0 radical (unpaired) electrons. The van der Waals surface area contributed by atoms with E-state index in [1.54, 1.807) is 17.0 Å². The van der Waals surface area contributed by atoms with Crippen LogP contribution in [0.2, 0.25) is 0 Å². The number of benzene rings is 2. The monoisotopic (exact) mass is 521 g/mol. The maximum Gasteiger partial charge on any atom is 0.242 e. The van der Waals surface area contributed by atoms with Crippen LogP contribution in [0.5, 0.6) is 0 Å². The van der Waals surface area contributed by atoms with Gasteiger partial charge in [0.25, 0.3) is 0 Å². The Labute approximate surface area is 223 Å². The number of amides is 2. The van der Waals surface area contributed by atoms with Crippen molar-refractivity contribution in [3.8, 4) is 0 Å². The molecule has 196 valence electrons. The van der Waals surface area contributed by atoms with Crippen molar-refractivity contribution in [1.82, 2.24) is 14.4 Å². The summed E-state index contributed by atoms with van der Waals surface area (Å²) in [6.45, 7) is 3.64. The molecule has 5 nitrogen and oxygen atoms in total. The van der Waals surface area contributed by atoms with E-state index in [1.807, 2.05) is 60.5 Å². The van der Waals surface area contributed by atoms with E-state index in [9.17, 15) is 14.0 Å². The molecule has 3 aromatic rings. The second kappa shape index (κ2) is 13.5. The van der Waals surface area contributed by atoms with Crippen LogP contribution in [0, 0.1) is 5.82 Å². The quantitative estimate of drug-likeness (QED) is 0.292. The van der Waals surface area contributed by atoms with Crippen LogP contribution in [-0.4, -0.2) is 51.1 Å². The molecule has 0 aliphatic heterocycles. The zero-order valence-corrected chi connectivity index (χ0v) is 22.3. The summed E-state index contributed by atoms with van der Waals surface area (Å²) in [4.78, 5) is 31.4. The van der Waals surface area contributed by atoms with Crippen LogP contribution >= 0.6 is 11.8 Å². The van der Waals surface area contributed by atoms with Crippen molar-refractivity contribution in [2.45, 2.75) is 63.1 Å². The van der Waals surface area contributed by atoms with Gasteiger partial charge in [0.1, 0.15) is 5.82 Å². The predicted octanol–water partition coefficient (Wildman–Crippen LogP) is 5.98. The summed E-state index contributed by atoms with van der Waals surface area (Å²) in [5.74, 6) is 0.0480. The van der Waals surface area contributed by atoms with Crippen molar-refractivity contribution in [3.05, 3.63) is 90.0 Å². The molecular weight excluding hydrogens is 485 g/mol. The number of nitrogens with zero attached hydrogens (tertiary/aromatic N) is 3. The summed E-state index contributed by atoms with van der Waals surface area (Å²) in [5, 5.41) is 0. The first-order valence-electron chi connectivity index (χ1n) is 13.2. The van der Waals surface area contributed by atoms with Gasteiger partial charge in [-0.3, -0.25) is 9.59 Å². The first-order valence-corrected chi connectivity index (χ1v) is 14.2. The SMILES string of the molecule is CCN(CC(=O)N(Cc1cccn1Cc1ccc(F)cc1)C1CCCCC1)C(=O)CSc1ccccc1. The lowest BCUT2D eigenvalue weighted by atomic mass is 9.94. The summed E-state index contributed by atoms with van der Waals surface area (Å²) >= 11 is 1.50. The average Bonchev–Trinajstić information content (AvgIpc) is 3.37. The number of likely N-dealkylation sites (N-methyl/N-ethyl adjacent to an activating group) is 1. The van der Waals surface area contributed by atoms with Gasteiger partial charge in [0.05, 0.1) is 18.8 Å². The van der Waals surface area contributed by atoms with Gasteiger partial charge in [0.15, 0.2) is 0 Å². The number of thioether (sulfide) groups is 1. The number of halogens is 1. The molecule has 2 amide bonds. The Morgan fingerprint density at radius 3 is 2.38 bits per heavy atom. The standard InChI is InChI=1S/C30H36FN3O2S/c1-2-32(30(36)23-37-28-13-7-4-8-14-28)22-29(35)34(26-10-5-3-6-11-26)21-27-12-9-19-33(27)20-24-15-17-25(31)18-16-24/h4,7-9,12-19,26H,2-3,5-6,10-11,20-23H2,1H3. The van der Waals surface area contributed by atoms with E-state index in [4.69, 9.17) is 0 Å². The second-order valence-corrected chi connectivity index (χ2v) is 10.6. The number of carbonyl (C=O) groups excluding carboxylic acids is 2. The second-order valence-electron chi connectivity index (χ2n) is 9.58. The predicted molar refractivity (Wildman–Crippen MR) is 147 cm³/mol. The van der Waals surface area contributed by atoms with E-state index in [2.05, 4.69) is 4.57 Å². The molecule has 1 aromatic heterocycles. The maximum atomic E-state index is 13.7. The van der Waals surface area contributed by atoms with Gasteiger partial charge in [-0.05, 0) is 61.7 Å². The molecule has 1 heterocycles. The minimum Gasteiger partial charge on any atom is -0.345 e. The van der Waals surface area contributed by atoms with E-state index in [0.29, 0.717) is 25.4 Å². The van der Waals surface area contributed by atoms with Gasteiger partial charge in [-0.25, -0.2) is 4.39 Å². The molecule has 37 heavy (non-hydrogen) atoms. The van der Waals surface area contributed by atoms with Gasteiger partial charge in [-0.1, -0.05) is 49.6 Å². The molecule has 0 atom stereocenters. The Bertz CT molecular complexity index is 1140. The summed E-state index contributed by atoms with van der Waals surface area (Å²) in [5.41, 5.74) is 2.05. The van der Waals surface area contributed by atoms with Gasteiger partial charge in [-0.2, -0.15) is 0 Å². The Balaban J connectivity index is 1.44. The van der Waals surface area contributed by atoms with Crippen molar-refractivity contribution < 1.29 is 14.0 Å². The van der Waals surface area contributed by atoms with E-state index < -0.39 is 0 Å². The van der Waals surface area contributed by atoms with Crippen molar-refractivity contribution in [3.63, 3.8) is 0 Å². The highest BCUT2D eigenvalue weighted by Gasteiger charge is 2.28. The molecule has 0 N–H and O–H groups in total. The molecule has 0 spiro atoms. The third-order valence-electron chi connectivity index (χ3n) is 7.02. The summed E-state index contributed by atoms with van der Waals surface area (Å²) < 4.78 is 15.5. The average molecular weight is 522 g/mol. The first kappa shape index (κ1) is 27.0. The molecule has 1 aliphatic carbocycles. The lowest BCUT2D eigenvalue weighted by molar-refractivity contribution is -0.141. The van der Waals surface area contributed by atoms with Crippen LogP contribution < -0.4 is 0 Å². The summed E-state index contributed by atoms with van der Waals surface area (Å²) in [6, 6.07) is 20.6. The highest BCUT2D eigenvalue weighted by atomic mass is 32.2. The molecule has 0 saturated heterocycles. The lowest BCUT2D eigenvalue weighted by Gasteiger charge is -2.36. The smallest absolute Gasteiger partial charge is 0.242 e. The lowest BCUT2D eigenvalue weighted by Crippen LogP contribution is -2.47. The number of hydrogen-bond acceptors (Lipinski definition) is 3. The Hall–Kier alpha value is -3.06. The van der Waals surface area contributed by atoms with Crippen molar-refractivity contribution in [2.24, 2.45) is 0 Å². The molecule has 4 rings (SSSR count). The number of carbonyl (C=O) groups is 2. The minimum absolute atomic E-state index is 0.00124. The largest absolute Gasteiger partial charge is 0.345 e. The van der Waals surface area contributed by atoms with Gasteiger partial charge < -0.3 is 14.4 Å². The highest BCUT2D eigenvalue weighted by molar-refractivity contribution is 8.00. The number of hydrogen-bond donors (Lipinski definition) is 0. The van der Waals surface area contributed by atoms with Crippen molar-refractivity contribution >= 4 is 23.6 Å². The fourth-order valence-corrected chi connectivity index (χ4v) is 5.73. The molecule has 1 aliphatic rings. The Kier molecular flexibility index (Phi) is 9.83. The highest BCUT2D eigenvalue weighted by Crippen LogP contribution is 2.25. The third kappa shape index (κ3) is 7.71.